The molecule has 0 radical (unpaired) electrons. The number of hydrogen-bond donors (Lipinski definition) is 1. The molecule has 1 aromatic carbocycles. The monoisotopic (exact) mass is 298 g/mol. The summed E-state index contributed by atoms with van der Waals surface area (Å²) in [5.41, 5.74) is 5.19. The van der Waals surface area contributed by atoms with Crippen LogP contribution in [0.5, 0.6) is 5.75 Å². The molecule has 0 bridgehead atoms. The van der Waals surface area contributed by atoms with Gasteiger partial charge in [0.25, 0.3) is 5.91 Å². The number of carbonyl (C=O) groups is 1. The first kappa shape index (κ1) is 14.7. The van der Waals surface area contributed by atoms with Gasteiger partial charge in [-0.3, -0.25) is 4.79 Å². The maximum atomic E-state index is 12.3. The van der Waals surface area contributed by atoms with Crippen LogP contribution in [0.4, 0.5) is 0 Å². The smallest absolute Gasteiger partial charge is 0.253 e. The molecule has 22 heavy (non-hydrogen) atoms. The highest BCUT2D eigenvalue weighted by atomic mass is 16.5. The number of nitrogens with zero attached hydrogens (tertiary/aromatic N) is 1. The Morgan fingerprint density at radius 1 is 1.32 bits per heavy atom. The van der Waals surface area contributed by atoms with Crippen LogP contribution in [-0.4, -0.2) is 17.1 Å². The van der Waals surface area contributed by atoms with Crippen molar-refractivity contribution in [1.82, 2.24) is 9.88 Å². The van der Waals surface area contributed by atoms with Crippen molar-refractivity contribution in [3.05, 3.63) is 52.3 Å². The summed E-state index contributed by atoms with van der Waals surface area (Å²) in [4.78, 5) is 12.3. The molecule has 2 aromatic rings. The summed E-state index contributed by atoms with van der Waals surface area (Å²) in [7, 11) is 1.98. The Balaban J connectivity index is 1.69. The Morgan fingerprint density at radius 3 is 2.86 bits per heavy atom. The summed E-state index contributed by atoms with van der Waals surface area (Å²) >= 11 is 0. The number of nitrogens with one attached hydrogen (secondary N) is 1. The first-order valence-corrected chi connectivity index (χ1v) is 7.72. The molecule has 0 saturated heterocycles. The van der Waals surface area contributed by atoms with E-state index in [0.717, 1.165) is 47.7 Å². The van der Waals surface area contributed by atoms with Crippen LogP contribution in [-0.2, 0) is 20.0 Å². The highest BCUT2D eigenvalue weighted by Crippen LogP contribution is 2.25. The van der Waals surface area contributed by atoms with Crippen molar-refractivity contribution >= 4 is 5.91 Å². The van der Waals surface area contributed by atoms with Crippen molar-refractivity contribution in [3.8, 4) is 5.75 Å². The molecule has 116 valence electrons. The summed E-state index contributed by atoms with van der Waals surface area (Å²) in [5.74, 6) is 0.964. The lowest BCUT2D eigenvalue weighted by molar-refractivity contribution is 0.0950. The minimum absolute atomic E-state index is 0.0184. The normalized spacial score (nSPS) is 13.4. The Hall–Kier alpha value is -2.23. The molecule has 3 rings (SSSR count). The van der Waals surface area contributed by atoms with Crippen LogP contribution in [0.1, 0.15) is 39.3 Å². The number of ether oxygens (including phenoxy) is 1. The van der Waals surface area contributed by atoms with Gasteiger partial charge in [0.1, 0.15) is 5.75 Å². The van der Waals surface area contributed by atoms with E-state index in [9.17, 15) is 4.79 Å². The molecule has 1 N–H and O–H groups in total. The fourth-order valence-electron chi connectivity index (χ4n) is 2.89. The van der Waals surface area contributed by atoms with Crippen LogP contribution >= 0.6 is 0 Å². The van der Waals surface area contributed by atoms with Crippen LogP contribution < -0.4 is 10.1 Å². The summed E-state index contributed by atoms with van der Waals surface area (Å²) in [6.07, 6.45) is 2.11. The molecule has 0 fully saturated rings. The number of carbonyl (C=O) groups excluding carboxylic acids is 1. The standard InChI is InChI=1S/C18H22N2O2/c1-12-9-16(13(2)20(12)3)18(21)19-11-14-6-7-17-15(10-14)5-4-8-22-17/h6-7,9-10H,4-5,8,11H2,1-3H3,(H,19,21). The molecule has 1 aliphatic heterocycles. The zero-order chi connectivity index (χ0) is 15.7. The van der Waals surface area contributed by atoms with E-state index < -0.39 is 0 Å². The average molecular weight is 298 g/mol. The molecule has 0 saturated carbocycles. The van der Waals surface area contributed by atoms with Crippen LogP contribution in [0.25, 0.3) is 0 Å². The molecule has 0 atom stereocenters. The lowest BCUT2D eigenvalue weighted by Gasteiger charge is -2.18. The second kappa shape index (κ2) is 5.87. The molecular weight excluding hydrogens is 276 g/mol. The molecular formula is C18H22N2O2. The first-order chi connectivity index (χ1) is 10.6. The van der Waals surface area contributed by atoms with Crippen molar-refractivity contribution in [2.45, 2.75) is 33.2 Å². The number of benzene rings is 1. The summed E-state index contributed by atoms with van der Waals surface area (Å²) in [6.45, 7) is 5.32. The van der Waals surface area contributed by atoms with Gasteiger partial charge in [0, 0.05) is 25.0 Å². The van der Waals surface area contributed by atoms with E-state index in [4.69, 9.17) is 4.74 Å². The number of rotatable bonds is 3. The van der Waals surface area contributed by atoms with Crippen LogP contribution in [0, 0.1) is 13.8 Å². The van der Waals surface area contributed by atoms with Gasteiger partial charge < -0.3 is 14.6 Å². The summed E-state index contributed by atoms with van der Waals surface area (Å²) in [5, 5.41) is 3.01. The highest BCUT2D eigenvalue weighted by molar-refractivity contribution is 5.95. The SMILES string of the molecule is Cc1cc(C(=O)NCc2ccc3c(c2)CCCO3)c(C)n1C. The summed E-state index contributed by atoms with van der Waals surface area (Å²) < 4.78 is 7.65. The van der Waals surface area contributed by atoms with Crippen molar-refractivity contribution in [2.24, 2.45) is 7.05 Å². The van der Waals surface area contributed by atoms with E-state index in [2.05, 4.69) is 11.4 Å². The van der Waals surface area contributed by atoms with Gasteiger partial charge in [0.2, 0.25) is 0 Å². The molecule has 0 unspecified atom stereocenters. The molecule has 0 aliphatic carbocycles. The van der Waals surface area contributed by atoms with E-state index >= 15 is 0 Å². The van der Waals surface area contributed by atoms with E-state index in [1.54, 1.807) is 0 Å². The predicted octanol–water partition coefficient (Wildman–Crippen LogP) is 2.90. The van der Waals surface area contributed by atoms with Gasteiger partial charge in [0.05, 0.1) is 12.2 Å². The van der Waals surface area contributed by atoms with Crippen LogP contribution in [0.2, 0.25) is 0 Å². The molecule has 1 aromatic heterocycles. The van der Waals surface area contributed by atoms with E-state index in [-0.39, 0.29) is 5.91 Å². The zero-order valence-electron chi connectivity index (χ0n) is 13.4. The molecule has 1 amide bonds. The van der Waals surface area contributed by atoms with Gasteiger partial charge in [-0.2, -0.15) is 0 Å². The summed E-state index contributed by atoms with van der Waals surface area (Å²) in [6, 6.07) is 8.10. The number of fused-ring (bicyclic) bond motifs is 1. The highest BCUT2D eigenvalue weighted by Gasteiger charge is 2.14. The largest absolute Gasteiger partial charge is 0.493 e. The fraction of sp³-hybridized carbons (Fsp3) is 0.389. The molecule has 4 nitrogen and oxygen atoms in total. The van der Waals surface area contributed by atoms with Crippen molar-refractivity contribution in [2.75, 3.05) is 6.61 Å². The lowest BCUT2D eigenvalue weighted by atomic mass is 10.0. The molecule has 2 heterocycles. The van der Waals surface area contributed by atoms with Gasteiger partial charge in [-0.15, -0.1) is 0 Å². The van der Waals surface area contributed by atoms with Gasteiger partial charge >= 0.3 is 0 Å². The second-order valence-electron chi connectivity index (χ2n) is 5.92. The second-order valence-corrected chi connectivity index (χ2v) is 5.92. The van der Waals surface area contributed by atoms with Gasteiger partial charge in [-0.25, -0.2) is 0 Å². The minimum atomic E-state index is -0.0184. The number of amides is 1. The van der Waals surface area contributed by atoms with Crippen molar-refractivity contribution in [3.63, 3.8) is 0 Å². The Kier molecular flexibility index (Phi) is 3.92. The topological polar surface area (TPSA) is 43.3 Å². The maximum Gasteiger partial charge on any atom is 0.253 e. The predicted molar refractivity (Wildman–Crippen MR) is 86.3 cm³/mol. The first-order valence-electron chi connectivity index (χ1n) is 7.72. The third-order valence-corrected chi connectivity index (χ3v) is 4.45. The van der Waals surface area contributed by atoms with Crippen molar-refractivity contribution < 1.29 is 9.53 Å². The quantitative estimate of drug-likeness (QED) is 0.947. The fourth-order valence-corrected chi connectivity index (χ4v) is 2.89. The molecule has 1 aliphatic rings. The lowest BCUT2D eigenvalue weighted by Crippen LogP contribution is -2.23. The van der Waals surface area contributed by atoms with Crippen LogP contribution in [0.3, 0.4) is 0 Å². The maximum absolute atomic E-state index is 12.3. The van der Waals surface area contributed by atoms with Gasteiger partial charge in [-0.05, 0) is 49.9 Å². The Bertz CT molecular complexity index is 716. The average Bonchev–Trinajstić information content (AvgIpc) is 2.80. The molecule has 4 heteroatoms. The third-order valence-electron chi connectivity index (χ3n) is 4.45. The minimum Gasteiger partial charge on any atom is -0.493 e. The zero-order valence-corrected chi connectivity index (χ0v) is 13.4. The van der Waals surface area contributed by atoms with E-state index in [0.29, 0.717) is 6.54 Å². The Labute approximate surface area is 131 Å². The Morgan fingerprint density at radius 2 is 2.14 bits per heavy atom. The van der Waals surface area contributed by atoms with Gasteiger partial charge in [0.15, 0.2) is 0 Å². The van der Waals surface area contributed by atoms with Crippen molar-refractivity contribution in [1.29, 1.82) is 0 Å². The van der Waals surface area contributed by atoms with Crippen LogP contribution in [0.15, 0.2) is 24.3 Å². The molecule has 0 spiro atoms. The third kappa shape index (κ3) is 2.73. The number of aromatic nitrogens is 1. The van der Waals surface area contributed by atoms with E-state index in [1.807, 2.05) is 43.7 Å². The number of hydrogen-bond acceptors (Lipinski definition) is 2. The number of aryl methyl sites for hydroxylation is 2. The van der Waals surface area contributed by atoms with E-state index in [1.165, 1.54) is 5.56 Å². The van der Waals surface area contributed by atoms with Gasteiger partial charge in [-0.1, -0.05) is 12.1 Å².